The first-order chi connectivity index (χ1) is 16.9. The predicted octanol–water partition coefficient (Wildman–Crippen LogP) is 4.20. The minimum Gasteiger partial charge on any atom is -0.373 e. The zero-order valence-corrected chi connectivity index (χ0v) is 20.6. The highest BCUT2D eigenvalue weighted by molar-refractivity contribution is 6.33. The van der Waals surface area contributed by atoms with Crippen LogP contribution in [0.5, 0.6) is 0 Å². The summed E-state index contributed by atoms with van der Waals surface area (Å²) in [5.74, 6) is 0.935. The van der Waals surface area contributed by atoms with Gasteiger partial charge in [0.05, 0.1) is 23.7 Å². The van der Waals surface area contributed by atoms with Crippen LogP contribution in [0.25, 0.3) is 5.70 Å². The number of benzene rings is 2. The van der Waals surface area contributed by atoms with Gasteiger partial charge in [-0.25, -0.2) is 0 Å². The highest BCUT2D eigenvalue weighted by atomic mass is 35.5. The van der Waals surface area contributed by atoms with Gasteiger partial charge in [-0.3, -0.25) is 14.6 Å². The second-order valence-corrected chi connectivity index (χ2v) is 9.67. The molecule has 184 valence electrons. The minimum absolute atomic E-state index is 0.124. The summed E-state index contributed by atoms with van der Waals surface area (Å²) in [5.41, 5.74) is 8.77. The molecule has 0 saturated heterocycles. The molecule has 1 unspecified atom stereocenters. The van der Waals surface area contributed by atoms with Crippen LogP contribution in [0.3, 0.4) is 0 Å². The molecule has 4 rings (SSSR count). The summed E-state index contributed by atoms with van der Waals surface area (Å²) < 4.78 is 0. The number of amides is 2. The topological polar surface area (TPSA) is 109 Å². The number of amidine groups is 1. The van der Waals surface area contributed by atoms with E-state index in [1.165, 1.54) is 12.8 Å². The third kappa shape index (κ3) is 6.63. The van der Waals surface area contributed by atoms with Crippen molar-refractivity contribution in [2.75, 3.05) is 18.4 Å². The van der Waals surface area contributed by atoms with E-state index in [9.17, 15) is 9.59 Å². The van der Waals surface area contributed by atoms with Gasteiger partial charge in [0, 0.05) is 16.9 Å². The molecule has 2 aromatic rings. The second-order valence-electron chi connectivity index (χ2n) is 9.26. The quantitative estimate of drug-likeness (QED) is 0.397. The zero-order chi connectivity index (χ0) is 24.8. The Labute approximate surface area is 211 Å². The van der Waals surface area contributed by atoms with E-state index in [0.717, 1.165) is 35.7 Å². The first-order valence-corrected chi connectivity index (χ1v) is 12.5. The molecule has 35 heavy (non-hydrogen) atoms. The Morgan fingerprint density at radius 1 is 1.17 bits per heavy atom. The lowest BCUT2D eigenvalue weighted by molar-refractivity contribution is -0.120. The van der Waals surface area contributed by atoms with E-state index in [-0.39, 0.29) is 24.3 Å². The van der Waals surface area contributed by atoms with Crippen LogP contribution in [0.15, 0.2) is 59.6 Å². The summed E-state index contributed by atoms with van der Waals surface area (Å²) >= 11 is 6.14. The largest absolute Gasteiger partial charge is 0.373 e. The number of nitrogens with one attached hydrogen (secondary N) is 3. The van der Waals surface area contributed by atoms with Gasteiger partial charge in [0.15, 0.2) is 0 Å². The Morgan fingerprint density at radius 2 is 1.91 bits per heavy atom. The molecular formula is C27H32ClN5O2. The number of fused-ring (bicyclic) bond motifs is 1. The number of nitrogens with zero attached hydrogens (tertiary/aromatic N) is 1. The number of hydrogen-bond donors (Lipinski definition) is 4. The smallest absolute Gasteiger partial charge is 0.253 e. The second kappa shape index (κ2) is 11.4. The number of anilines is 1. The van der Waals surface area contributed by atoms with Gasteiger partial charge in [-0.05, 0) is 42.5 Å². The Hall–Kier alpha value is -3.32. The van der Waals surface area contributed by atoms with E-state index in [4.69, 9.17) is 17.3 Å². The molecule has 2 aliphatic rings. The van der Waals surface area contributed by atoms with Crippen LogP contribution in [0, 0.1) is 11.8 Å². The number of carbonyl (C=O) groups excluding carboxylic acids is 2. The third-order valence-corrected chi connectivity index (χ3v) is 6.85. The van der Waals surface area contributed by atoms with Gasteiger partial charge in [0.25, 0.3) is 5.91 Å². The van der Waals surface area contributed by atoms with Gasteiger partial charge in [0.2, 0.25) is 5.91 Å². The van der Waals surface area contributed by atoms with Gasteiger partial charge < -0.3 is 21.7 Å². The van der Waals surface area contributed by atoms with E-state index < -0.39 is 6.04 Å². The summed E-state index contributed by atoms with van der Waals surface area (Å²) in [4.78, 5) is 29.5. The van der Waals surface area contributed by atoms with Gasteiger partial charge in [-0.1, -0.05) is 68.1 Å². The maximum Gasteiger partial charge on any atom is 0.253 e. The third-order valence-electron chi connectivity index (χ3n) is 6.52. The maximum absolute atomic E-state index is 12.6. The molecule has 5 N–H and O–H groups in total. The Kier molecular flexibility index (Phi) is 8.08. The summed E-state index contributed by atoms with van der Waals surface area (Å²) in [6.07, 6.45) is 6.65. The van der Waals surface area contributed by atoms with Crippen LogP contribution < -0.4 is 21.7 Å². The molecule has 7 nitrogen and oxygen atoms in total. The number of carbonyl (C=O) groups is 2. The standard InChI is InChI=1S/C27H32ClN5O2/c1-17(10-11-18-12-13-18)25(26(29)34)33-23-14-15-30-24(32-22-9-5-3-7-20(22)23)16-31-27(35)19-6-2-4-8-21(19)28/h2-9,14,17-18,25,33H,10-13,15-16H2,1H3,(H2,29,34)(H,30,32)(H,31,35)/b23-14+/t17?,25-/m0/s1. The number of rotatable bonds is 10. The van der Waals surface area contributed by atoms with Crippen molar-refractivity contribution < 1.29 is 9.59 Å². The monoisotopic (exact) mass is 493 g/mol. The van der Waals surface area contributed by atoms with Gasteiger partial charge in [-0.2, -0.15) is 0 Å². The van der Waals surface area contributed by atoms with E-state index in [0.29, 0.717) is 23.0 Å². The number of para-hydroxylation sites is 1. The van der Waals surface area contributed by atoms with Crippen LogP contribution in [0.4, 0.5) is 5.69 Å². The van der Waals surface area contributed by atoms with Crippen molar-refractivity contribution >= 4 is 40.6 Å². The lowest BCUT2D eigenvalue weighted by Gasteiger charge is -2.27. The molecule has 0 radical (unpaired) electrons. The van der Waals surface area contributed by atoms with Crippen LogP contribution in [-0.2, 0) is 4.79 Å². The lowest BCUT2D eigenvalue weighted by Crippen LogP contribution is -2.45. The normalized spacial score (nSPS) is 18.3. The molecular weight excluding hydrogens is 462 g/mol. The fraction of sp³-hybridized carbons (Fsp3) is 0.370. The molecule has 8 heteroatoms. The summed E-state index contributed by atoms with van der Waals surface area (Å²) in [6, 6.07) is 14.3. The molecule has 2 atom stereocenters. The van der Waals surface area contributed by atoms with E-state index in [1.54, 1.807) is 24.3 Å². The van der Waals surface area contributed by atoms with Crippen LogP contribution in [-0.4, -0.2) is 36.8 Å². The number of aliphatic imine (C=N–C) groups is 1. The van der Waals surface area contributed by atoms with Crippen molar-refractivity contribution in [1.82, 2.24) is 10.6 Å². The highest BCUT2D eigenvalue weighted by Crippen LogP contribution is 2.35. The van der Waals surface area contributed by atoms with Crippen molar-refractivity contribution in [2.24, 2.45) is 22.6 Å². The van der Waals surface area contributed by atoms with E-state index >= 15 is 0 Å². The first-order valence-electron chi connectivity index (χ1n) is 12.1. The molecule has 2 aromatic carbocycles. The summed E-state index contributed by atoms with van der Waals surface area (Å²) in [6.45, 7) is 2.68. The fourth-order valence-electron chi connectivity index (χ4n) is 4.25. The predicted molar refractivity (Wildman–Crippen MR) is 141 cm³/mol. The molecule has 2 amide bonds. The maximum atomic E-state index is 12.6. The van der Waals surface area contributed by atoms with Crippen molar-refractivity contribution in [3.05, 3.63) is 70.8 Å². The summed E-state index contributed by atoms with van der Waals surface area (Å²) in [7, 11) is 0. The highest BCUT2D eigenvalue weighted by Gasteiger charge is 2.28. The number of nitrogens with two attached hydrogens (primary N) is 1. The molecule has 1 heterocycles. The molecule has 0 bridgehead atoms. The van der Waals surface area contributed by atoms with E-state index in [2.05, 4.69) is 27.9 Å². The Balaban J connectivity index is 1.48. The molecule has 0 spiro atoms. The van der Waals surface area contributed by atoms with Gasteiger partial charge in [-0.15, -0.1) is 0 Å². The van der Waals surface area contributed by atoms with Crippen molar-refractivity contribution in [3.63, 3.8) is 0 Å². The summed E-state index contributed by atoms with van der Waals surface area (Å²) in [5, 5.41) is 10.0. The molecule has 1 aliphatic carbocycles. The average molecular weight is 494 g/mol. The molecule has 1 saturated carbocycles. The Morgan fingerprint density at radius 3 is 2.66 bits per heavy atom. The Bertz CT molecular complexity index is 1140. The van der Waals surface area contributed by atoms with Crippen molar-refractivity contribution in [3.8, 4) is 0 Å². The number of hydrogen-bond acceptors (Lipinski definition) is 5. The van der Waals surface area contributed by atoms with Crippen molar-refractivity contribution in [1.29, 1.82) is 0 Å². The number of halogens is 1. The fourth-order valence-corrected chi connectivity index (χ4v) is 4.48. The van der Waals surface area contributed by atoms with Crippen LogP contribution in [0.2, 0.25) is 5.02 Å². The van der Waals surface area contributed by atoms with Crippen LogP contribution in [0.1, 0.15) is 48.5 Å². The molecule has 1 fully saturated rings. The minimum atomic E-state index is -0.467. The van der Waals surface area contributed by atoms with Gasteiger partial charge >= 0.3 is 0 Å². The molecule has 1 aliphatic heterocycles. The number of primary amides is 1. The van der Waals surface area contributed by atoms with Crippen LogP contribution >= 0.6 is 11.6 Å². The van der Waals surface area contributed by atoms with Gasteiger partial charge in [0.1, 0.15) is 11.9 Å². The average Bonchev–Trinajstić information content (AvgIpc) is 3.66. The molecule has 0 aromatic heterocycles. The SMILES string of the molecule is CC(CCC1CC1)[C@H](N/C1=C/CN=C(CNC(=O)c2ccccc2Cl)Nc2ccccc21)C(N)=O. The van der Waals surface area contributed by atoms with Crippen molar-refractivity contribution in [2.45, 2.75) is 38.6 Å². The first kappa shape index (κ1) is 24.8. The lowest BCUT2D eigenvalue weighted by atomic mass is 9.93. The van der Waals surface area contributed by atoms with E-state index in [1.807, 2.05) is 30.3 Å². The zero-order valence-electron chi connectivity index (χ0n) is 19.9.